The summed E-state index contributed by atoms with van der Waals surface area (Å²) in [4.78, 5) is 16.8. The van der Waals surface area contributed by atoms with Crippen molar-refractivity contribution in [3.63, 3.8) is 0 Å². The molecule has 2 bridgehead atoms. The fourth-order valence-electron chi connectivity index (χ4n) is 4.96. The van der Waals surface area contributed by atoms with Gasteiger partial charge in [-0.05, 0) is 67.4 Å². The van der Waals surface area contributed by atoms with Gasteiger partial charge in [0.05, 0.1) is 18.7 Å². The highest BCUT2D eigenvalue weighted by Crippen LogP contribution is 2.39. The van der Waals surface area contributed by atoms with E-state index in [1.165, 1.54) is 12.8 Å². The molecule has 0 aromatic heterocycles. The molecule has 1 heterocycles. The number of hydrazone groups is 1. The Morgan fingerprint density at radius 1 is 1.27 bits per heavy atom. The van der Waals surface area contributed by atoms with Crippen LogP contribution < -0.4 is 15.6 Å². The van der Waals surface area contributed by atoms with E-state index in [4.69, 9.17) is 17.5 Å². The van der Waals surface area contributed by atoms with E-state index < -0.39 is 0 Å². The second-order valence-corrected chi connectivity index (χ2v) is 9.64. The first-order chi connectivity index (χ1) is 16.0. The topological polar surface area (TPSA) is 83.8 Å². The number of hydrogen-bond acceptors (Lipinski definition) is 5. The average Bonchev–Trinajstić information content (AvgIpc) is 3.46. The van der Waals surface area contributed by atoms with Crippen LogP contribution in [0.5, 0.6) is 0 Å². The molecule has 1 saturated carbocycles. The summed E-state index contributed by atoms with van der Waals surface area (Å²) in [6, 6.07) is 10.5. The number of fused-ring (bicyclic) bond motifs is 2. The first-order valence-electron chi connectivity index (χ1n) is 11.8. The molecule has 7 nitrogen and oxygen atoms in total. The van der Waals surface area contributed by atoms with Crippen molar-refractivity contribution in [1.29, 1.82) is 5.26 Å². The lowest BCUT2D eigenvalue weighted by Crippen LogP contribution is -2.49. The summed E-state index contributed by atoms with van der Waals surface area (Å²) in [7, 11) is 1.96. The number of carbonyl (C=O) groups is 1. The molecule has 2 fully saturated rings. The number of hydrogen-bond donors (Lipinski definition) is 2. The van der Waals surface area contributed by atoms with E-state index in [1.54, 1.807) is 6.21 Å². The molecule has 1 amide bonds. The SMILES string of the molecule is CN(CCC#N)c1ccc(/C=N\NC(=O)C2CCN(C(=S)N[C@H]3C[C@@H]4C=C[C@@H]3C4)CC2)cc1. The fourth-order valence-corrected chi connectivity index (χ4v) is 5.30. The van der Waals surface area contributed by atoms with Gasteiger partial charge in [0.1, 0.15) is 0 Å². The minimum Gasteiger partial charge on any atom is -0.374 e. The van der Waals surface area contributed by atoms with Crippen LogP contribution in [0.4, 0.5) is 5.69 Å². The molecular weight excluding hydrogens is 432 g/mol. The summed E-state index contributed by atoms with van der Waals surface area (Å²) in [6.45, 7) is 2.29. The molecule has 0 spiro atoms. The Morgan fingerprint density at radius 3 is 2.67 bits per heavy atom. The minimum atomic E-state index is -0.0391. The number of nitrogens with zero attached hydrogens (tertiary/aromatic N) is 4. The molecule has 1 aromatic rings. The molecule has 3 aliphatic rings. The monoisotopic (exact) mass is 464 g/mol. The van der Waals surface area contributed by atoms with Crippen molar-refractivity contribution in [1.82, 2.24) is 15.6 Å². The highest BCUT2D eigenvalue weighted by atomic mass is 32.1. The molecule has 0 radical (unpaired) electrons. The van der Waals surface area contributed by atoms with Gasteiger partial charge < -0.3 is 15.1 Å². The van der Waals surface area contributed by atoms with Gasteiger partial charge in [-0.2, -0.15) is 10.4 Å². The maximum absolute atomic E-state index is 12.5. The third-order valence-electron chi connectivity index (χ3n) is 7.02. The van der Waals surface area contributed by atoms with Gasteiger partial charge >= 0.3 is 0 Å². The molecule has 2 aliphatic carbocycles. The lowest BCUT2D eigenvalue weighted by atomic mass is 9.96. The van der Waals surface area contributed by atoms with Crippen LogP contribution in [-0.2, 0) is 4.79 Å². The van der Waals surface area contributed by atoms with E-state index >= 15 is 0 Å². The summed E-state index contributed by atoms with van der Waals surface area (Å²) < 4.78 is 0. The second kappa shape index (κ2) is 10.8. The summed E-state index contributed by atoms with van der Waals surface area (Å²) >= 11 is 5.65. The number of nitrogens with one attached hydrogen (secondary N) is 2. The van der Waals surface area contributed by atoms with E-state index in [1.807, 2.05) is 36.2 Å². The molecule has 33 heavy (non-hydrogen) atoms. The fraction of sp³-hybridized carbons (Fsp3) is 0.520. The zero-order chi connectivity index (χ0) is 23.2. The molecular formula is C25H32N6OS. The van der Waals surface area contributed by atoms with Gasteiger partial charge in [-0.1, -0.05) is 24.3 Å². The first-order valence-corrected chi connectivity index (χ1v) is 12.2. The van der Waals surface area contributed by atoms with Crippen molar-refractivity contribution >= 4 is 35.1 Å². The third kappa shape index (κ3) is 5.91. The highest BCUT2D eigenvalue weighted by Gasteiger charge is 2.36. The second-order valence-electron chi connectivity index (χ2n) is 9.25. The Hall–Kier alpha value is -2.92. The minimum absolute atomic E-state index is 0.0316. The van der Waals surface area contributed by atoms with E-state index in [9.17, 15) is 4.79 Å². The summed E-state index contributed by atoms with van der Waals surface area (Å²) in [5, 5.41) is 17.2. The van der Waals surface area contributed by atoms with Crippen LogP contribution in [0.3, 0.4) is 0 Å². The van der Waals surface area contributed by atoms with E-state index in [0.717, 1.165) is 48.2 Å². The summed E-state index contributed by atoms with van der Waals surface area (Å²) in [5.41, 5.74) is 4.65. The van der Waals surface area contributed by atoms with Gasteiger partial charge in [0.25, 0.3) is 0 Å². The molecule has 3 atom stereocenters. The Morgan fingerprint density at radius 2 is 2.03 bits per heavy atom. The van der Waals surface area contributed by atoms with Crippen LogP contribution in [0.15, 0.2) is 41.5 Å². The van der Waals surface area contributed by atoms with Crippen molar-refractivity contribution in [2.24, 2.45) is 22.9 Å². The van der Waals surface area contributed by atoms with Crippen molar-refractivity contribution in [3.05, 3.63) is 42.0 Å². The predicted molar refractivity (Wildman–Crippen MR) is 135 cm³/mol. The zero-order valence-corrected chi connectivity index (χ0v) is 19.9. The smallest absolute Gasteiger partial charge is 0.243 e. The number of piperidine rings is 1. The average molecular weight is 465 g/mol. The van der Waals surface area contributed by atoms with Gasteiger partial charge in [-0.3, -0.25) is 4.79 Å². The number of amides is 1. The highest BCUT2D eigenvalue weighted by molar-refractivity contribution is 7.80. The van der Waals surface area contributed by atoms with Crippen molar-refractivity contribution in [2.75, 3.05) is 31.6 Å². The lowest BCUT2D eigenvalue weighted by Gasteiger charge is -2.35. The molecule has 174 valence electrons. The Bertz CT molecular complexity index is 945. The quantitative estimate of drug-likeness (QED) is 0.279. The zero-order valence-electron chi connectivity index (χ0n) is 19.1. The molecule has 4 rings (SSSR count). The molecule has 0 unspecified atom stereocenters. The molecule has 1 aromatic carbocycles. The van der Waals surface area contributed by atoms with Gasteiger partial charge in [0.2, 0.25) is 5.91 Å². The molecule has 1 saturated heterocycles. The van der Waals surface area contributed by atoms with Crippen LogP contribution >= 0.6 is 12.2 Å². The van der Waals surface area contributed by atoms with Gasteiger partial charge in [0, 0.05) is 44.3 Å². The van der Waals surface area contributed by atoms with Gasteiger partial charge in [-0.25, -0.2) is 5.43 Å². The number of rotatable bonds is 7. The Kier molecular flexibility index (Phi) is 7.61. The van der Waals surface area contributed by atoms with Crippen LogP contribution in [0.2, 0.25) is 0 Å². The summed E-state index contributed by atoms with van der Waals surface area (Å²) in [5.74, 6) is 1.27. The van der Waals surface area contributed by atoms with Crippen LogP contribution in [0.25, 0.3) is 0 Å². The summed E-state index contributed by atoms with van der Waals surface area (Å²) in [6.07, 6.45) is 10.8. The first kappa shape index (κ1) is 23.2. The normalized spacial score (nSPS) is 24.1. The number of carbonyl (C=O) groups excluding carboxylic acids is 1. The van der Waals surface area contributed by atoms with E-state index in [0.29, 0.717) is 24.9 Å². The number of allylic oxidation sites excluding steroid dienone is 1. The maximum atomic E-state index is 12.5. The Labute approximate surface area is 201 Å². The molecule has 2 N–H and O–H groups in total. The number of likely N-dealkylation sites (tertiary alicyclic amines) is 1. The lowest BCUT2D eigenvalue weighted by molar-refractivity contribution is -0.126. The molecule has 8 heteroatoms. The van der Waals surface area contributed by atoms with Crippen LogP contribution in [0, 0.1) is 29.1 Å². The number of nitriles is 1. The van der Waals surface area contributed by atoms with E-state index in [2.05, 4.69) is 39.0 Å². The molecule has 1 aliphatic heterocycles. The maximum Gasteiger partial charge on any atom is 0.243 e. The predicted octanol–water partition coefficient (Wildman–Crippen LogP) is 3.04. The Balaban J connectivity index is 1.18. The van der Waals surface area contributed by atoms with Crippen LogP contribution in [-0.4, -0.2) is 54.9 Å². The van der Waals surface area contributed by atoms with Crippen molar-refractivity contribution in [2.45, 2.75) is 38.1 Å². The largest absolute Gasteiger partial charge is 0.374 e. The van der Waals surface area contributed by atoms with Gasteiger partial charge in [-0.15, -0.1) is 0 Å². The van der Waals surface area contributed by atoms with Gasteiger partial charge in [0.15, 0.2) is 5.11 Å². The van der Waals surface area contributed by atoms with Crippen molar-refractivity contribution < 1.29 is 4.79 Å². The van der Waals surface area contributed by atoms with Crippen molar-refractivity contribution in [3.8, 4) is 6.07 Å². The number of thiocarbonyl (C=S) groups is 1. The standard InChI is InChI=1S/C25H32N6OS/c1-30(12-2-11-26)22-7-4-18(5-8-22)17-27-29-24(32)20-9-13-31(14-10-20)25(33)28-23-16-19-3-6-21(23)15-19/h3-8,17,19-21,23H,2,9-10,12-16H2,1H3,(H,28,33)(H,29,32)/b27-17-/t19-,21-,23+/m1/s1. The number of anilines is 1. The van der Waals surface area contributed by atoms with Crippen LogP contribution in [0.1, 0.15) is 37.7 Å². The third-order valence-corrected chi connectivity index (χ3v) is 7.40. The van der Waals surface area contributed by atoms with E-state index in [-0.39, 0.29) is 11.8 Å². The number of benzene rings is 1.